The molecule has 0 radical (unpaired) electrons. The van der Waals surface area contributed by atoms with Gasteiger partial charge in [-0.15, -0.1) is 0 Å². The van der Waals surface area contributed by atoms with Crippen molar-refractivity contribution >= 4 is 43.1 Å². The summed E-state index contributed by atoms with van der Waals surface area (Å²) in [5.41, 5.74) is 1.72. The first-order valence-corrected chi connectivity index (χ1v) is 13.7. The zero-order valence-electron chi connectivity index (χ0n) is 18.1. The van der Waals surface area contributed by atoms with Crippen LogP contribution in [0.3, 0.4) is 0 Å². The number of halogens is 1. The van der Waals surface area contributed by atoms with E-state index < -0.39 is 37.9 Å². The molecule has 0 bridgehead atoms. The van der Waals surface area contributed by atoms with Crippen LogP contribution < -0.4 is 9.62 Å². The van der Waals surface area contributed by atoms with Gasteiger partial charge in [0.25, 0.3) is 0 Å². The highest BCUT2D eigenvalue weighted by Gasteiger charge is 2.33. The molecule has 10 heteroatoms. The maximum atomic E-state index is 13.1. The predicted molar refractivity (Wildman–Crippen MR) is 124 cm³/mol. The Hall–Kier alpha value is -2.10. The number of aryl methyl sites for hydroxylation is 1. The van der Waals surface area contributed by atoms with Gasteiger partial charge in [-0.05, 0) is 55.7 Å². The van der Waals surface area contributed by atoms with Crippen LogP contribution >= 0.6 is 11.6 Å². The van der Waals surface area contributed by atoms with E-state index in [9.17, 15) is 21.6 Å². The minimum absolute atomic E-state index is 0.181. The second kappa shape index (κ2) is 9.58. The minimum Gasteiger partial charge on any atom is -0.348 e. The minimum atomic E-state index is -3.79. The van der Waals surface area contributed by atoms with E-state index in [2.05, 4.69) is 5.32 Å². The van der Waals surface area contributed by atoms with Crippen molar-refractivity contribution in [2.45, 2.75) is 44.2 Å². The van der Waals surface area contributed by atoms with Gasteiger partial charge in [0, 0.05) is 11.3 Å². The Balaban J connectivity index is 2.34. The number of carbonyl (C=O) groups excluding carboxylic acids is 1. The summed E-state index contributed by atoms with van der Waals surface area (Å²) in [7, 11) is -7.11. The highest BCUT2D eigenvalue weighted by atomic mass is 35.5. The van der Waals surface area contributed by atoms with Crippen LogP contribution in [0, 0.1) is 6.92 Å². The molecule has 0 fully saturated rings. The molecular weight excluding hydrogens is 460 g/mol. The van der Waals surface area contributed by atoms with Gasteiger partial charge < -0.3 is 5.32 Å². The predicted octanol–water partition coefficient (Wildman–Crippen LogP) is 3.47. The Morgan fingerprint density at radius 2 is 1.65 bits per heavy atom. The number of carbonyl (C=O) groups is 1. The van der Waals surface area contributed by atoms with Crippen molar-refractivity contribution in [3.8, 4) is 0 Å². The maximum Gasteiger partial charge on any atom is 0.244 e. The molecule has 1 N–H and O–H groups in total. The first kappa shape index (κ1) is 25.2. The fraction of sp³-hybridized carbons (Fsp3) is 0.381. The van der Waals surface area contributed by atoms with E-state index in [1.54, 1.807) is 45.0 Å². The van der Waals surface area contributed by atoms with Gasteiger partial charge in [-0.3, -0.25) is 9.10 Å². The van der Waals surface area contributed by atoms with E-state index in [-0.39, 0.29) is 11.3 Å². The first-order valence-electron chi connectivity index (χ1n) is 9.61. The van der Waals surface area contributed by atoms with E-state index in [4.69, 9.17) is 11.6 Å². The molecule has 0 aliphatic rings. The van der Waals surface area contributed by atoms with Crippen molar-refractivity contribution in [2.24, 2.45) is 0 Å². The lowest BCUT2D eigenvalue weighted by molar-refractivity contribution is -0.122. The summed E-state index contributed by atoms with van der Waals surface area (Å²) in [6.45, 7) is 5.23. The number of amides is 1. The van der Waals surface area contributed by atoms with Crippen molar-refractivity contribution in [3.63, 3.8) is 0 Å². The van der Waals surface area contributed by atoms with Gasteiger partial charge in [-0.2, -0.15) is 0 Å². The summed E-state index contributed by atoms with van der Waals surface area (Å²) >= 11 is 6.08. The molecule has 0 spiro atoms. The van der Waals surface area contributed by atoms with Crippen LogP contribution in [0.2, 0.25) is 5.02 Å². The fourth-order valence-corrected chi connectivity index (χ4v) is 5.31. The Kier molecular flexibility index (Phi) is 7.78. The Morgan fingerprint density at radius 1 is 1.06 bits per heavy atom. The third kappa shape index (κ3) is 6.21. The number of sulfonamides is 1. The molecule has 1 amide bonds. The lowest BCUT2D eigenvalue weighted by Crippen LogP contribution is -2.50. The molecule has 0 aliphatic carbocycles. The molecule has 170 valence electrons. The number of nitrogens with one attached hydrogen (secondary N) is 1. The van der Waals surface area contributed by atoms with Gasteiger partial charge >= 0.3 is 0 Å². The van der Waals surface area contributed by atoms with Crippen molar-refractivity contribution in [1.29, 1.82) is 0 Å². The molecule has 0 saturated heterocycles. The quantitative estimate of drug-likeness (QED) is 0.615. The average molecular weight is 487 g/mol. The van der Waals surface area contributed by atoms with Crippen LogP contribution in [-0.4, -0.2) is 41.3 Å². The van der Waals surface area contributed by atoms with E-state index in [0.29, 0.717) is 21.8 Å². The second-order valence-corrected chi connectivity index (χ2v) is 11.8. The number of nitrogens with zero attached hydrogens (tertiary/aromatic N) is 1. The molecule has 0 unspecified atom stereocenters. The van der Waals surface area contributed by atoms with E-state index in [1.165, 1.54) is 18.2 Å². The molecule has 31 heavy (non-hydrogen) atoms. The third-order valence-electron chi connectivity index (χ3n) is 4.91. The van der Waals surface area contributed by atoms with Crippen LogP contribution in [0.4, 0.5) is 5.69 Å². The summed E-state index contributed by atoms with van der Waals surface area (Å²) in [5, 5.41) is 3.20. The van der Waals surface area contributed by atoms with Crippen molar-refractivity contribution in [1.82, 2.24) is 5.32 Å². The van der Waals surface area contributed by atoms with Crippen molar-refractivity contribution in [3.05, 3.63) is 58.6 Å². The summed E-state index contributed by atoms with van der Waals surface area (Å²) < 4.78 is 49.6. The van der Waals surface area contributed by atoms with E-state index in [1.807, 2.05) is 0 Å². The highest BCUT2D eigenvalue weighted by molar-refractivity contribution is 7.92. The summed E-state index contributed by atoms with van der Waals surface area (Å²) in [5.74, 6) is -0.466. The monoisotopic (exact) mass is 486 g/mol. The molecule has 0 aromatic heterocycles. The maximum absolute atomic E-state index is 13.1. The van der Waals surface area contributed by atoms with Gasteiger partial charge in [0.2, 0.25) is 15.9 Å². The number of rotatable bonds is 8. The normalized spacial score (nSPS) is 14.0. The molecule has 0 saturated carbocycles. The van der Waals surface area contributed by atoms with E-state index >= 15 is 0 Å². The van der Waals surface area contributed by atoms with E-state index in [0.717, 1.165) is 16.8 Å². The van der Waals surface area contributed by atoms with Gasteiger partial charge in [-0.25, -0.2) is 16.8 Å². The van der Waals surface area contributed by atoms with Gasteiger partial charge in [0.05, 0.1) is 22.9 Å². The Bertz CT molecular complexity index is 1160. The third-order valence-corrected chi connectivity index (χ3v) is 7.43. The van der Waals surface area contributed by atoms with Gasteiger partial charge in [0.15, 0.2) is 9.84 Å². The van der Waals surface area contributed by atoms with Crippen LogP contribution in [0.15, 0.2) is 47.4 Å². The number of hydrogen-bond donors (Lipinski definition) is 1. The van der Waals surface area contributed by atoms with Gasteiger partial charge in [0.1, 0.15) is 6.04 Å². The standard InChI is InChI=1S/C21H27ClN2O5S2/c1-6-19(24(31(5,28)29)20-13-17(22)10-7-14(20)2)21(25)23-15(3)16-8-11-18(12-9-16)30(4,26)27/h7-13,15,19H,6H2,1-5H3,(H,23,25)/t15-,19+/m0/s1. The molecule has 2 rings (SSSR count). The van der Waals surface area contributed by atoms with Crippen LogP contribution in [0.1, 0.15) is 37.4 Å². The SMILES string of the molecule is CC[C@H](C(=O)N[C@@H](C)c1ccc(S(C)(=O)=O)cc1)N(c1cc(Cl)ccc1C)S(C)(=O)=O. The highest BCUT2D eigenvalue weighted by Crippen LogP contribution is 2.29. The number of sulfone groups is 1. The lowest BCUT2D eigenvalue weighted by Gasteiger charge is -2.32. The van der Waals surface area contributed by atoms with Crippen LogP contribution in [-0.2, 0) is 24.7 Å². The van der Waals surface area contributed by atoms with Gasteiger partial charge in [-0.1, -0.05) is 36.7 Å². The van der Waals surface area contributed by atoms with Crippen LogP contribution in [0.5, 0.6) is 0 Å². The van der Waals surface area contributed by atoms with Crippen molar-refractivity contribution < 1.29 is 21.6 Å². The molecule has 0 heterocycles. The smallest absolute Gasteiger partial charge is 0.244 e. The zero-order chi connectivity index (χ0) is 23.6. The summed E-state index contributed by atoms with van der Waals surface area (Å²) in [4.78, 5) is 13.3. The molecule has 2 aromatic carbocycles. The topological polar surface area (TPSA) is 101 Å². The molecular formula is C21H27ClN2O5S2. The second-order valence-electron chi connectivity index (χ2n) is 7.49. The largest absolute Gasteiger partial charge is 0.348 e. The average Bonchev–Trinajstić information content (AvgIpc) is 2.66. The summed E-state index contributed by atoms with van der Waals surface area (Å²) in [6, 6.07) is 9.64. The molecule has 0 aliphatic heterocycles. The first-order chi connectivity index (χ1) is 14.3. The molecule has 2 aromatic rings. The molecule has 7 nitrogen and oxygen atoms in total. The van der Waals surface area contributed by atoms with Crippen LogP contribution in [0.25, 0.3) is 0 Å². The Morgan fingerprint density at radius 3 is 2.13 bits per heavy atom. The van der Waals surface area contributed by atoms with Crippen molar-refractivity contribution in [2.75, 3.05) is 16.8 Å². The number of hydrogen-bond acceptors (Lipinski definition) is 5. The summed E-state index contributed by atoms with van der Waals surface area (Å²) in [6.07, 6.45) is 2.41. The lowest BCUT2D eigenvalue weighted by atomic mass is 10.1. The zero-order valence-corrected chi connectivity index (χ0v) is 20.5. The number of anilines is 1. The Labute approximate surface area is 189 Å². The number of benzene rings is 2. The fourth-order valence-electron chi connectivity index (χ4n) is 3.25. The molecule has 2 atom stereocenters.